The molecule has 5 aromatic rings. The lowest BCUT2D eigenvalue weighted by atomic mass is 9.97. The van der Waals surface area contributed by atoms with Gasteiger partial charge in [0, 0.05) is 24.4 Å². The third-order valence-electron chi connectivity index (χ3n) is 5.99. The summed E-state index contributed by atoms with van der Waals surface area (Å²) in [4.78, 5) is 6.31. The second-order valence-corrected chi connectivity index (χ2v) is 8.46. The van der Waals surface area contributed by atoms with Crippen molar-refractivity contribution in [3.63, 3.8) is 0 Å². The van der Waals surface area contributed by atoms with Crippen molar-refractivity contribution >= 4 is 49.0 Å². The quantitative estimate of drug-likeness (QED) is 0.453. The molecule has 0 spiro atoms. The number of imidazole rings is 1. The number of thiazole rings is 1. The monoisotopic (exact) mass is 393 g/mol. The largest absolute Gasteiger partial charge is 0.483 e. The summed E-state index contributed by atoms with van der Waals surface area (Å²) in [6, 6.07) is 4.25. The minimum atomic E-state index is 0.485. The summed E-state index contributed by atoms with van der Waals surface area (Å²) in [7, 11) is 3.88. The molecule has 0 radical (unpaired) electrons. The van der Waals surface area contributed by atoms with Crippen molar-refractivity contribution in [1.29, 1.82) is 0 Å². The molecule has 0 saturated carbocycles. The number of fused-ring (bicyclic) bond motifs is 8. The van der Waals surface area contributed by atoms with E-state index in [0.29, 0.717) is 5.92 Å². The van der Waals surface area contributed by atoms with Crippen molar-refractivity contribution in [3.05, 3.63) is 30.4 Å². The number of ether oxygens (including phenoxy) is 1. The minimum absolute atomic E-state index is 0.485. The summed E-state index contributed by atoms with van der Waals surface area (Å²) in [5.41, 5.74) is 4.42. The number of nitrogens with zero attached hydrogens (tertiary/aromatic N) is 4. The van der Waals surface area contributed by atoms with Crippen LogP contribution in [0, 0.1) is 0 Å². The highest BCUT2D eigenvalue weighted by molar-refractivity contribution is 7.19. The topological polar surface area (TPSA) is 71.9 Å². The van der Waals surface area contributed by atoms with Crippen molar-refractivity contribution in [2.75, 3.05) is 20.2 Å². The molecule has 0 amide bonds. The van der Waals surface area contributed by atoms with E-state index in [2.05, 4.69) is 49.9 Å². The third-order valence-corrected chi connectivity index (χ3v) is 7.04. The molecule has 1 aliphatic rings. The van der Waals surface area contributed by atoms with Gasteiger partial charge in [-0.3, -0.25) is 5.10 Å². The molecule has 0 atom stereocenters. The zero-order chi connectivity index (χ0) is 18.8. The fraction of sp³-hybridized carbons (Fsp3) is 0.350. The van der Waals surface area contributed by atoms with E-state index in [-0.39, 0.29) is 0 Å². The van der Waals surface area contributed by atoms with Gasteiger partial charge in [-0.05, 0) is 43.3 Å². The average Bonchev–Trinajstić information content (AvgIpc) is 3.45. The van der Waals surface area contributed by atoms with E-state index in [0.717, 1.165) is 57.8 Å². The maximum Gasteiger partial charge on any atom is 0.299 e. The number of methoxy groups -OCH3 is 1. The molecular weight excluding hydrogens is 372 g/mol. The number of hydrogen-bond donors (Lipinski definition) is 2. The highest BCUT2D eigenvalue weighted by Crippen LogP contribution is 2.37. The van der Waals surface area contributed by atoms with Crippen LogP contribution in [0.15, 0.2) is 24.5 Å². The second-order valence-electron chi connectivity index (χ2n) is 7.47. The normalized spacial score (nSPS) is 16.1. The van der Waals surface area contributed by atoms with Gasteiger partial charge in [0.2, 0.25) is 16.8 Å². The Balaban J connectivity index is 1.81. The number of aromatic nitrogens is 5. The van der Waals surface area contributed by atoms with Crippen LogP contribution in [0.3, 0.4) is 0 Å². The van der Waals surface area contributed by atoms with E-state index in [1.54, 1.807) is 18.4 Å². The Labute approximate surface area is 164 Å². The number of nitrogens with one attached hydrogen (secondary N) is 2. The highest BCUT2D eigenvalue weighted by Gasteiger charge is 2.29. The van der Waals surface area contributed by atoms with Gasteiger partial charge in [0.25, 0.3) is 4.83 Å². The first kappa shape index (κ1) is 16.3. The number of H-pyrrole nitrogens is 1. The lowest BCUT2D eigenvalue weighted by molar-refractivity contribution is -0.476. The zero-order valence-corrected chi connectivity index (χ0v) is 16.6. The predicted octanol–water partition coefficient (Wildman–Crippen LogP) is 2.88. The molecule has 6 rings (SSSR count). The van der Waals surface area contributed by atoms with Crippen molar-refractivity contribution in [2.45, 2.75) is 18.8 Å². The SMILES string of the molecule is COc1c[n+]2c3ccc4[nH]ncc4c3c3c(nc(C4CCNCC4)n3C)c2s1. The first-order chi connectivity index (χ1) is 13.8. The molecule has 142 valence electrons. The number of piperidine rings is 1. The van der Waals surface area contributed by atoms with Crippen LogP contribution in [-0.2, 0) is 7.05 Å². The summed E-state index contributed by atoms with van der Waals surface area (Å²) >= 11 is 1.65. The third kappa shape index (κ3) is 2.10. The van der Waals surface area contributed by atoms with Gasteiger partial charge in [-0.15, -0.1) is 4.40 Å². The lowest BCUT2D eigenvalue weighted by Gasteiger charge is -2.22. The fourth-order valence-corrected chi connectivity index (χ4v) is 5.54. The number of aromatic amines is 1. The van der Waals surface area contributed by atoms with E-state index in [9.17, 15) is 0 Å². The molecule has 4 aromatic heterocycles. The Morgan fingerprint density at radius 3 is 2.96 bits per heavy atom. The minimum Gasteiger partial charge on any atom is -0.483 e. The summed E-state index contributed by atoms with van der Waals surface area (Å²) in [5.74, 6) is 1.66. The van der Waals surface area contributed by atoms with Crippen molar-refractivity contribution in [1.82, 2.24) is 25.1 Å². The molecule has 1 aliphatic heterocycles. The van der Waals surface area contributed by atoms with Crippen molar-refractivity contribution in [2.24, 2.45) is 7.05 Å². The van der Waals surface area contributed by atoms with E-state index in [1.807, 2.05) is 6.20 Å². The number of aryl methyl sites for hydroxylation is 1. The zero-order valence-electron chi connectivity index (χ0n) is 15.8. The van der Waals surface area contributed by atoms with Crippen molar-refractivity contribution in [3.8, 4) is 5.06 Å². The summed E-state index contributed by atoms with van der Waals surface area (Å²) in [6.07, 6.45) is 6.23. The number of hydrogen-bond acceptors (Lipinski definition) is 5. The van der Waals surface area contributed by atoms with E-state index < -0.39 is 0 Å². The van der Waals surface area contributed by atoms with Gasteiger partial charge < -0.3 is 14.6 Å². The van der Waals surface area contributed by atoms with E-state index in [4.69, 9.17) is 9.72 Å². The average molecular weight is 393 g/mol. The summed E-state index contributed by atoms with van der Waals surface area (Å²) in [6.45, 7) is 2.11. The Bertz CT molecular complexity index is 1360. The molecule has 7 nitrogen and oxygen atoms in total. The smallest absolute Gasteiger partial charge is 0.299 e. The molecule has 0 bridgehead atoms. The number of pyridine rings is 1. The summed E-state index contributed by atoms with van der Waals surface area (Å²) in [5, 5.41) is 14.1. The molecule has 8 heteroatoms. The molecular formula is C20H21N6OS+. The number of rotatable bonds is 2. The molecule has 0 unspecified atom stereocenters. The maximum absolute atomic E-state index is 5.56. The van der Waals surface area contributed by atoms with Crippen LogP contribution in [0.25, 0.3) is 37.7 Å². The molecule has 1 fully saturated rings. The van der Waals surface area contributed by atoms with Crippen LogP contribution in [0.4, 0.5) is 0 Å². The van der Waals surface area contributed by atoms with E-state index in [1.165, 1.54) is 16.7 Å². The van der Waals surface area contributed by atoms with Crippen LogP contribution < -0.4 is 14.5 Å². The maximum atomic E-state index is 5.56. The molecule has 2 N–H and O–H groups in total. The van der Waals surface area contributed by atoms with Gasteiger partial charge in [-0.2, -0.15) is 5.10 Å². The number of benzene rings is 1. The fourth-order valence-electron chi connectivity index (χ4n) is 4.62. The Morgan fingerprint density at radius 1 is 1.29 bits per heavy atom. The molecule has 1 saturated heterocycles. The van der Waals surface area contributed by atoms with Crippen molar-refractivity contribution < 1.29 is 9.14 Å². The van der Waals surface area contributed by atoms with Crippen LogP contribution in [0.1, 0.15) is 24.6 Å². The lowest BCUT2D eigenvalue weighted by Crippen LogP contribution is -2.27. The predicted molar refractivity (Wildman–Crippen MR) is 110 cm³/mol. The molecule has 28 heavy (non-hydrogen) atoms. The Morgan fingerprint density at radius 2 is 2.14 bits per heavy atom. The van der Waals surface area contributed by atoms with Gasteiger partial charge >= 0.3 is 0 Å². The van der Waals surface area contributed by atoms with Gasteiger partial charge in [0.15, 0.2) is 5.52 Å². The highest BCUT2D eigenvalue weighted by atomic mass is 32.1. The van der Waals surface area contributed by atoms with Gasteiger partial charge in [-0.1, -0.05) is 0 Å². The first-order valence-electron chi connectivity index (χ1n) is 9.60. The Kier molecular flexibility index (Phi) is 3.42. The molecule has 0 aliphatic carbocycles. The second kappa shape index (κ2) is 5.89. The standard InChI is InChI=1S/C20H20N6OS/c1-25-18-16-12-9-22-24-13(12)3-4-14(16)26-10-15(27-2)28-20(26)17(18)23-19(25)11-5-7-21-8-6-11/h3-4,9-11,21H,5-8H2,1-2H3/p+1. The van der Waals surface area contributed by atoms with Crippen LogP contribution in [-0.4, -0.2) is 39.9 Å². The first-order valence-corrected chi connectivity index (χ1v) is 10.4. The van der Waals surface area contributed by atoms with Gasteiger partial charge in [-0.25, -0.2) is 4.98 Å². The Hall–Kier alpha value is -2.71. The summed E-state index contributed by atoms with van der Waals surface area (Å²) < 4.78 is 10.1. The van der Waals surface area contributed by atoms with E-state index >= 15 is 0 Å². The van der Waals surface area contributed by atoms with Crippen LogP contribution in [0.5, 0.6) is 5.06 Å². The molecule has 1 aromatic carbocycles. The van der Waals surface area contributed by atoms with Crippen LogP contribution >= 0.6 is 11.3 Å². The molecule has 5 heterocycles. The van der Waals surface area contributed by atoms with Crippen LogP contribution in [0.2, 0.25) is 0 Å². The van der Waals surface area contributed by atoms with Gasteiger partial charge in [0.05, 0.1) is 29.7 Å². The van der Waals surface area contributed by atoms with Gasteiger partial charge in [0.1, 0.15) is 5.82 Å².